The minimum atomic E-state index is -0.238. The molecule has 6 nitrogen and oxygen atoms in total. The topological polar surface area (TPSA) is 60.0 Å². The van der Waals surface area contributed by atoms with Crippen LogP contribution in [0.4, 0.5) is 5.69 Å². The first-order chi connectivity index (χ1) is 12.6. The summed E-state index contributed by atoms with van der Waals surface area (Å²) in [6, 6.07) is 12.6. The van der Waals surface area contributed by atoms with Crippen molar-refractivity contribution in [1.29, 1.82) is 0 Å². The van der Waals surface area contributed by atoms with E-state index in [-0.39, 0.29) is 5.91 Å². The SMILES string of the molecule is COc1cccc(N2C(=O)/C(=C\c3ccc(OC)c(OC)c3)NC2=S)c1. The maximum atomic E-state index is 12.8. The molecule has 0 aromatic heterocycles. The summed E-state index contributed by atoms with van der Waals surface area (Å²) in [6.45, 7) is 0. The van der Waals surface area contributed by atoms with Gasteiger partial charge in [0.1, 0.15) is 11.4 Å². The third-order valence-corrected chi connectivity index (χ3v) is 4.19. The predicted octanol–water partition coefficient (Wildman–Crippen LogP) is 2.97. The Kier molecular flexibility index (Phi) is 5.09. The molecule has 1 fully saturated rings. The minimum absolute atomic E-state index is 0.238. The molecule has 0 aliphatic carbocycles. The van der Waals surface area contributed by atoms with Gasteiger partial charge in [-0.1, -0.05) is 12.1 Å². The zero-order valence-corrected chi connectivity index (χ0v) is 15.4. The van der Waals surface area contributed by atoms with Gasteiger partial charge in [0, 0.05) is 6.07 Å². The number of rotatable bonds is 5. The van der Waals surface area contributed by atoms with E-state index in [0.29, 0.717) is 33.7 Å². The second-order valence-corrected chi connectivity index (χ2v) is 5.83. The smallest absolute Gasteiger partial charge is 0.281 e. The van der Waals surface area contributed by atoms with E-state index in [2.05, 4.69) is 5.32 Å². The number of benzene rings is 2. The number of hydrogen-bond donors (Lipinski definition) is 1. The summed E-state index contributed by atoms with van der Waals surface area (Å²) in [5, 5.41) is 3.28. The van der Waals surface area contributed by atoms with Crippen molar-refractivity contribution in [3.63, 3.8) is 0 Å². The van der Waals surface area contributed by atoms with Crippen molar-refractivity contribution in [1.82, 2.24) is 5.32 Å². The molecule has 1 aliphatic heterocycles. The largest absolute Gasteiger partial charge is 0.497 e. The summed E-state index contributed by atoms with van der Waals surface area (Å²) in [4.78, 5) is 14.2. The molecule has 0 saturated carbocycles. The average Bonchev–Trinajstić information content (AvgIpc) is 2.94. The Hall–Kier alpha value is -3.06. The van der Waals surface area contributed by atoms with Crippen molar-refractivity contribution < 1.29 is 19.0 Å². The van der Waals surface area contributed by atoms with Crippen molar-refractivity contribution in [3.8, 4) is 17.2 Å². The van der Waals surface area contributed by atoms with Crippen molar-refractivity contribution in [2.45, 2.75) is 0 Å². The van der Waals surface area contributed by atoms with Gasteiger partial charge in [0.15, 0.2) is 16.6 Å². The molecule has 2 aromatic rings. The number of carbonyl (C=O) groups excluding carboxylic acids is 1. The second kappa shape index (κ2) is 7.45. The Bertz CT molecular complexity index is 895. The molecule has 3 rings (SSSR count). The summed E-state index contributed by atoms with van der Waals surface area (Å²) in [5.74, 6) is 1.61. The van der Waals surface area contributed by atoms with Crippen LogP contribution in [-0.4, -0.2) is 32.3 Å². The zero-order chi connectivity index (χ0) is 18.7. The van der Waals surface area contributed by atoms with Gasteiger partial charge in [-0.05, 0) is 48.1 Å². The third kappa shape index (κ3) is 3.34. The van der Waals surface area contributed by atoms with Gasteiger partial charge in [0.2, 0.25) is 0 Å². The highest BCUT2D eigenvalue weighted by Gasteiger charge is 2.32. The van der Waals surface area contributed by atoms with E-state index >= 15 is 0 Å². The summed E-state index contributed by atoms with van der Waals surface area (Å²) in [5.41, 5.74) is 1.81. The molecule has 1 N–H and O–H groups in total. The van der Waals surface area contributed by atoms with Crippen LogP contribution in [0.1, 0.15) is 5.56 Å². The van der Waals surface area contributed by atoms with E-state index in [1.807, 2.05) is 6.07 Å². The number of nitrogens with zero attached hydrogens (tertiary/aromatic N) is 1. The number of methoxy groups -OCH3 is 3. The first kappa shape index (κ1) is 17.8. The fourth-order valence-corrected chi connectivity index (χ4v) is 2.93. The Labute approximate surface area is 157 Å². The van der Waals surface area contributed by atoms with Crippen LogP contribution < -0.4 is 24.4 Å². The Morgan fingerprint density at radius 1 is 1.00 bits per heavy atom. The first-order valence-corrected chi connectivity index (χ1v) is 8.21. The maximum Gasteiger partial charge on any atom is 0.281 e. The molecule has 1 heterocycles. The lowest BCUT2D eigenvalue weighted by Gasteiger charge is -2.14. The molecule has 0 unspecified atom stereocenters. The summed E-state index contributed by atoms with van der Waals surface area (Å²) in [7, 11) is 4.71. The number of hydrogen-bond acceptors (Lipinski definition) is 5. The quantitative estimate of drug-likeness (QED) is 0.645. The lowest BCUT2D eigenvalue weighted by Crippen LogP contribution is -2.30. The summed E-state index contributed by atoms with van der Waals surface area (Å²) >= 11 is 5.33. The first-order valence-electron chi connectivity index (χ1n) is 7.80. The van der Waals surface area contributed by atoms with E-state index in [1.165, 1.54) is 4.90 Å². The number of ether oxygens (including phenoxy) is 3. The molecule has 0 radical (unpaired) electrons. The van der Waals surface area contributed by atoms with E-state index in [1.54, 1.807) is 63.8 Å². The van der Waals surface area contributed by atoms with E-state index in [0.717, 1.165) is 5.56 Å². The molecule has 1 saturated heterocycles. The average molecular weight is 370 g/mol. The van der Waals surface area contributed by atoms with E-state index < -0.39 is 0 Å². The Morgan fingerprint density at radius 3 is 2.46 bits per heavy atom. The van der Waals surface area contributed by atoms with Gasteiger partial charge in [0.25, 0.3) is 5.91 Å². The van der Waals surface area contributed by atoms with Crippen molar-refractivity contribution >= 4 is 35.0 Å². The molecule has 134 valence electrons. The van der Waals surface area contributed by atoms with Gasteiger partial charge >= 0.3 is 0 Å². The second-order valence-electron chi connectivity index (χ2n) is 5.44. The summed E-state index contributed by atoms with van der Waals surface area (Å²) < 4.78 is 15.7. The number of amides is 1. The van der Waals surface area contributed by atoms with E-state index in [9.17, 15) is 4.79 Å². The normalized spacial score (nSPS) is 15.2. The van der Waals surface area contributed by atoms with Gasteiger partial charge in [-0.25, -0.2) is 0 Å². The highest BCUT2D eigenvalue weighted by Crippen LogP contribution is 2.30. The number of carbonyl (C=O) groups is 1. The van der Waals surface area contributed by atoms with Crippen molar-refractivity contribution in [3.05, 3.63) is 53.7 Å². The van der Waals surface area contributed by atoms with Crippen molar-refractivity contribution in [2.75, 3.05) is 26.2 Å². The zero-order valence-electron chi connectivity index (χ0n) is 14.6. The lowest BCUT2D eigenvalue weighted by atomic mass is 10.1. The molecule has 0 spiro atoms. The molecule has 7 heteroatoms. The van der Waals surface area contributed by atoms with Gasteiger partial charge in [-0.2, -0.15) is 0 Å². The van der Waals surface area contributed by atoms with Crippen LogP contribution >= 0.6 is 12.2 Å². The lowest BCUT2D eigenvalue weighted by molar-refractivity contribution is -0.113. The van der Waals surface area contributed by atoms with Gasteiger partial charge in [0.05, 0.1) is 27.0 Å². The van der Waals surface area contributed by atoms with Gasteiger partial charge < -0.3 is 19.5 Å². The monoisotopic (exact) mass is 370 g/mol. The van der Waals surface area contributed by atoms with Crippen LogP contribution in [-0.2, 0) is 4.79 Å². The molecule has 1 aliphatic rings. The molecule has 0 bridgehead atoms. The third-order valence-electron chi connectivity index (χ3n) is 3.91. The minimum Gasteiger partial charge on any atom is -0.497 e. The maximum absolute atomic E-state index is 12.8. The number of nitrogens with one attached hydrogen (secondary N) is 1. The predicted molar refractivity (Wildman–Crippen MR) is 104 cm³/mol. The number of thiocarbonyl (C=S) groups is 1. The van der Waals surface area contributed by atoms with Crippen LogP contribution in [0.2, 0.25) is 0 Å². The van der Waals surface area contributed by atoms with Crippen LogP contribution in [0.25, 0.3) is 6.08 Å². The molecule has 0 atom stereocenters. The fourth-order valence-electron chi connectivity index (χ4n) is 2.63. The standard InChI is InChI=1S/C19H18N2O4S/c1-23-14-6-4-5-13(11-14)21-18(22)15(20-19(21)26)9-12-7-8-16(24-2)17(10-12)25-3/h4-11H,1-3H3,(H,20,26)/b15-9+. The fraction of sp³-hybridized carbons (Fsp3) is 0.158. The van der Waals surface area contributed by atoms with Crippen LogP contribution in [0, 0.1) is 0 Å². The summed E-state index contributed by atoms with van der Waals surface area (Å²) in [6.07, 6.45) is 1.72. The molecular weight excluding hydrogens is 352 g/mol. The Balaban J connectivity index is 1.92. The van der Waals surface area contributed by atoms with Crippen molar-refractivity contribution in [2.24, 2.45) is 0 Å². The van der Waals surface area contributed by atoms with Crippen LogP contribution in [0.15, 0.2) is 48.2 Å². The highest BCUT2D eigenvalue weighted by atomic mass is 32.1. The van der Waals surface area contributed by atoms with Crippen LogP contribution in [0.3, 0.4) is 0 Å². The highest BCUT2D eigenvalue weighted by molar-refractivity contribution is 7.80. The van der Waals surface area contributed by atoms with Crippen LogP contribution in [0.5, 0.6) is 17.2 Å². The Morgan fingerprint density at radius 2 is 1.77 bits per heavy atom. The molecule has 26 heavy (non-hydrogen) atoms. The molecule has 2 aromatic carbocycles. The molecule has 1 amide bonds. The number of anilines is 1. The van der Waals surface area contributed by atoms with E-state index in [4.69, 9.17) is 26.4 Å². The van der Waals surface area contributed by atoms with Gasteiger partial charge in [-0.3, -0.25) is 9.69 Å². The van der Waals surface area contributed by atoms with Gasteiger partial charge in [-0.15, -0.1) is 0 Å². The molecular formula is C19H18N2O4S.